The second-order valence-corrected chi connectivity index (χ2v) is 18.0. The van der Waals surface area contributed by atoms with Crippen molar-refractivity contribution < 1.29 is 13.7 Å². The normalized spacial score (nSPS) is 18.4. The van der Waals surface area contributed by atoms with Crippen molar-refractivity contribution in [1.82, 2.24) is 0 Å². The van der Waals surface area contributed by atoms with Gasteiger partial charge in [-0.05, 0) is 58.7 Å². The number of para-hydroxylation sites is 2. The van der Waals surface area contributed by atoms with E-state index in [4.69, 9.17) is 9.15 Å². The standard InChI is InChI=1S/C49H29O3PS/c50-53(31-13-2-1-3-14-31)45-23-10-7-20-39(45)49(40-28-36-33-15-4-8-21-41(33)51-43(36)29-46(40)53)37-19-6-9-22-42(37)52-44-27-30(25-26-38(44)49)32-17-12-18-35-34-16-5-11-24-47(34)54-48(32)35/h1-29H. The molecule has 4 heterocycles. The van der Waals surface area contributed by atoms with E-state index >= 15 is 4.57 Å². The molecule has 2 aliphatic rings. The van der Waals surface area contributed by atoms with Crippen molar-refractivity contribution in [2.24, 2.45) is 0 Å². The minimum Gasteiger partial charge on any atom is -0.457 e. The molecule has 54 heavy (non-hydrogen) atoms. The van der Waals surface area contributed by atoms with Crippen LogP contribution in [0.1, 0.15) is 22.3 Å². The lowest BCUT2D eigenvalue weighted by Crippen LogP contribution is -2.47. The summed E-state index contributed by atoms with van der Waals surface area (Å²) in [7, 11) is -3.41. The maximum absolute atomic E-state index is 16.4. The van der Waals surface area contributed by atoms with Crippen molar-refractivity contribution in [1.29, 1.82) is 0 Å². The zero-order chi connectivity index (χ0) is 35.6. The Kier molecular flexibility index (Phi) is 6.13. The molecule has 1 spiro atoms. The minimum absolute atomic E-state index is 0.730. The molecule has 0 amide bonds. The van der Waals surface area contributed by atoms with Crippen LogP contribution in [-0.4, -0.2) is 0 Å². The molecule has 0 aliphatic carbocycles. The smallest absolute Gasteiger partial charge is 0.171 e. The maximum atomic E-state index is 16.4. The summed E-state index contributed by atoms with van der Waals surface area (Å²) in [5.74, 6) is 1.58. The fraction of sp³-hybridized carbons (Fsp3) is 0.0204. The maximum Gasteiger partial charge on any atom is 0.171 e. The van der Waals surface area contributed by atoms with Crippen molar-refractivity contribution >= 4 is 76.5 Å². The average Bonchev–Trinajstić information content (AvgIpc) is 3.80. The van der Waals surface area contributed by atoms with Gasteiger partial charge in [0.25, 0.3) is 0 Å². The van der Waals surface area contributed by atoms with Crippen LogP contribution in [0.25, 0.3) is 53.2 Å². The highest BCUT2D eigenvalue weighted by molar-refractivity contribution is 7.85. The zero-order valence-corrected chi connectivity index (χ0v) is 30.5. The highest BCUT2D eigenvalue weighted by Gasteiger charge is 2.55. The van der Waals surface area contributed by atoms with E-state index in [0.29, 0.717) is 0 Å². The third kappa shape index (κ3) is 3.84. The van der Waals surface area contributed by atoms with Gasteiger partial charge in [0, 0.05) is 58.0 Å². The average molecular weight is 729 g/mol. The van der Waals surface area contributed by atoms with E-state index in [9.17, 15) is 0 Å². The van der Waals surface area contributed by atoms with Gasteiger partial charge in [0.1, 0.15) is 22.7 Å². The second-order valence-electron chi connectivity index (χ2n) is 14.3. The van der Waals surface area contributed by atoms with Crippen molar-refractivity contribution in [3.8, 4) is 22.6 Å². The molecule has 2 aromatic heterocycles. The van der Waals surface area contributed by atoms with Crippen LogP contribution < -0.4 is 20.7 Å². The number of benzene rings is 8. The number of hydrogen-bond acceptors (Lipinski definition) is 4. The molecule has 2 unspecified atom stereocenters. The molecule has 2 atom stereocenters. The number of hydrogen-bond donors (Lipinski definition) is 0. The van der Waals surface area contributed by atoms with Gasteiger partial charge in [-0.2, -0.15) is 0 Å². The summed E-state index contributed by atoms with van der Waals surface area (Å²) >= 11 is 1.83. The van der Waals surface area contributed by atoms with Crippen LogP contribution >= 0.6 is 18.5 Å². The zero-order valence-electron chi connectivity index (χ0n) is 28.8. The Hall–Kier alpha value is -6.19. The van der Waals surface area contributed by atoms with E-state index in [-0.39, 0.29) is 0 Å². The molecule has 3 nitrogen and oxygen atoms in total. The van der Waals surface area contributed by atoms with Gasteiger partial charge in [-0.25, -0.2) is 0 Å². The fourth-order valence-electron chi connectivity index (χ4n) is 9.35. The van der Waals surface area contributed by atoms with Crippen LogP contribution in [0.2, 0.25) is 0 Å². The summed E-state index contributed by atoms with van der Waals surface area (Å²) in [6.45, 7) is 0. The summed E-state index contributed by atoms with van der Waals surface area (Å²) in [4.78, 5) is 0. The lowest BCUT2D eigenvalue weighted by Gasteiger charge is -2.47. The molecule has 8 aromatic carbocycles. The molecule has 12 rings (SSSR count). The van der Waals surface area contributed by atoms with E-state index in [1.807, 2.05) is 72.0 Å². The summed E-state index contributed by atoms with van der Waals surface area (Å²) in [5, 5.41) is 7.00. The summed E-state index contributed by atoms with van der Waals surface area (Å²) in [5.41, 5.74) is 7.01. The van der Waals surface area contributed by atoms with Gasteiger partial charge in [0.2, 0.25) is 0 Å². The predicted octanol–water partition coefficient (Wildman–Crippen LogP) is 12.1. The van der Waals surface area contributed by atoms with Crippen molar-refractivity contribution in [3.63, 3.8) is 0 Å². The molecule has 0 saturated carbocycles. The van der Waals surface area contributed by atoms with Gasteiger partial charge in [0.05, 0.1) is 5.41 Å². The van der Waals surface area contributed by atoms with E-state index in [1.165, 1.54) is 25.7 Å². The molecule has 5 heteroatoms. The Morgan fingerprint density at radius 1 is 0.481 bits per heavy atom. The van der Waals surface area contributed by atoms with Gasteiger partial charge in [-0.3, -0.25) is 0 Å². The Morgan fingerprint density at radius 3 is 2.11 bits per heavy atom. The Bertz CT molecular complexity index is 3250. The predicted molar refractivity (Wildman–Crippen MR) is 223 cm³/mol. The Morgan fingerprint density at radius 2 is 1.20 bits per heavy atom. The monoisotopic (exact) mass is 728 g/mol. The highest BCUT2D eigenvalue weighted by Crippen LogP contribution is 2.62. The first-order chi connectivity index (χ1) is 26.6. The van der Waals surface area contributed by atoms with E-state index in [2.05, 4.69) is 115 Å². The SMILES string of the molecule is O=P1(c2ccccc2)c2ccccc2C2(c3ccccc3Oc3cc(-c4cccc5c4sc4ccccc45)ccc32)c2cc3c(cc21)oc1ccccc13. The Balaban J connectivity index is 1.21. The molecule has 0 fully saturated rings. The molecule has 0 N–H and O–H groups in total. The van der Waals surface area contributed by atoms with Gasteiger partial charge in [-0.1, -0.05) is 140 Å². The molecule has 10 aromatic rings. The first-order valence-electron chi connectivity index (χ1n) is 18.2. The summed E-state index contributed by atoms with van der Waals surface area (Å²) in [6.07, 6.45) is 0. The molecule has 2 aliphatic heterocycles. The summed E-state index contributed by atoms with van der Waals surface area (Å²) in [6, 6.07) is 61.2. The van der Waals surface area contributed by atoms with E-state index < -0.39 is 12.6 Å². The Labute approximate surface area is 315 Å². The molecular weight excluding hydrogens is 700 g/mol. The molecule has 0 saturated heterocycles. The third-order valence-electron chi connectivity index (χ3n) is 11.6. The largest absolute Gasteiger partial charge is 0.457 e. The van der Waals surface area contributed by atoms with E-state index in [0.717, 1.165) is 77.2 Å². The number of furan rings is 1. The third-order valence-corrected chi connectivity index (χ3v) is 16.0. The van der Waals surface area contributed by atoms with Gasteiger partial charge in [0.15, 0.2) is 7.14 Å². The number of thiophene rings is 1. The van der Waals surface area contributed by atoms with Crippen LogP contribution in [0, 0.1) is 0 Å². The van der Waals surface area contributed by atoms with Crippen molar-refractivity contribution in [3.05, 3.63) is 198 Å². The van der Waals surface area contributed by atoms with Crippen LogP contribution in [0.4, 0.5) is 0 Å². The van der Waals surface area contributed by atoms with Crippen LogP contribution in [0.15, 0.2) is 180 Å². The van der Waals surface area contributed by atoms with Gasteiger partial charge in [-0.15, -0.1) is 11.3 Å². The van der Waals surface area contributed by atoms with Crippen molar-refractivity contribution in [2.45, 2.75) is 5.41 Å². The number of fused-ring (bicyclic) bond motifs is 14. The fourth-order valence-corrected chi connectivity index (χ4v) is 13.7. The first kappa shape index (κ1) is 30.3. The molecular formula is C49H29O3PS. The molecule has 0 radical (unpaired) electrons. The highest BCUT2D eigenvalue weighted by atomic mass is 32.1. The van der Waals surface area contributed by atoms with Crippen LogP contribution in [0.3, 0.4) is 0 Å². The quantitative estimate of drug-likeness (QED) is 0.166. The summed E-state index contributed by atoms with van der Waals surface area (Å²) < 4.78 is 32.4. The van der Waals surface area contributed by atoms with Gasteiger partial charge >= 0.3 is 0 Å². The number of rotatable bonds is 2. The van der Waals surface area contributed by atoms with Crippen molar-refractivity contribution in [2.75, 3.05) is 0 Å². The molecule has 0 bridgehead atoms. The topological polar surface area (TPSA) is 39.4 Å². The van der Waals surface area contributed by atoms with Crippen LogP contribution in [0.5, 0.6) is 11.5 Å². The lowest BCUT2D eigenvalue weighted by atomic mass is 9.63. The van der Waals surface area contributed by atoms with Crippen LogP contribution in [-0.2, 0) is 9.98 Å². The lowest BCUT2D eigenvalue weighted by molar-refractivity contribution is 0.435. The first-order valence-corrected chi connectivity index (χ1v) is 20.7. The van der Waals surface area contributed by atoms with Gasteiger partial charge < -0.3 is 13.7 Å². The molecule has 254 valence electrons. The second kappa shape index (κ2) is 10.9. The van der Waals surface area contributed by atoms with E-state index in [1.54, 1.807) is 0 Å². The minimum atomic E-state index is -3.41. The number of ether oxygens (including phenoxy) is 1.